The first-order chi connectivity index (χ1) is 10.0. The summed E-state index contributed by atoms with van der Waals surface area (Å²) in [6.07, 6.45) is 2.02. The number of carboxylic acids is 1. The molecule has 0 spiro atoms. The van der Waals surface area contributed by atoms with Gasteiger partial charge in [0, 0.05) is 11.6 Å². The third kappa shape index (κ3) is 3.57. The van der Waals surface area contributed by atoms with Crippen molar-refractivity contribution < 1.29 is 19.1 Å². The maximum atomic E-state index is 13.2. The Balaban J connectivity index is 1.97. The van der Waals surface area contributed by atoms with E-state index in [-0.39, 0.29) is 23.3 Å². The summed E-state index contributed by atoms with van der Waals surface area (Å²) in [5.41, 5.74) is 0.251. The van der Waals surface area contributed by atoms with E-state index < -0.39 is 11.8 Å². The molecule has 2 rings (SSSR count). The lowest BCUT2D eigenvalue weighted by Crippen LogP contribution is -2.29. The number of rotatable bonds is 3. The molecule has 0 radical (unpaired) electrons. The van der Waals surface area contributed by atoms with Gasteiger partial charge >= 0.3 is 5.97 Å². The number of carbonyl (C=O) groups is 2. The highest BCUT2D eigenvalue weighted by Crippen LogP contribution is 2.30. The molecule has 1 fully saturated rings. The Hall–Kier alpha value is -2.42. The van der Waals surface area contributed by atoms with Crippen LogP contribution in [0.15, 0.2) is 18.2 Å². The number of nitrogens with one attached hydrogen (secondary N) is 1. The average molecular weight is 290 g/mol. The van der Waals surface area contributed by atoms with Gasteiger partial charge in [0.2, 0.25) is 5.91 Å². The van der Waals surface area contributed by atoms with Crippen molar-refractivity contribution in [2.45, 2.75) is 25.7 Å². The zero-order chi connectivity index (χ0) is 15.4. The molecule has 1 amide bonds. The van der Waals surface area contributed by atoms with Gasteiger partial charge in [0.05, 0.1) is 11.5 Å². The van der Waals surface area contributed by atoms with Gasteiger partial charge in [-0.2, -0.15) is 5.26 Å². The van der Waals surface area contributed by atoms with Crippen molar-refractivity contribution in [2.75, 3.05) is 5.32 Å². The molecule has 0 heterocycles. The molecule has 1 aliphatic rings. The third-order valence-corrected chi connectivity index (χ3v) is 3.80. The molecule has 0 bridgehead atoms. The van der Waals surface area contributed by atoms with Gasteiger partial charge < -0.3 is 10.4 Å². The standard InChI is InChI=1S/C15H15FN2O3/c16-13-6-5-12(7-11(13)8-17)18-14(19)9-1-3-10(4-2-9)15(20)21/h5-7,9-10H,1-4H2,(H,18,19)(H,20,21). The summed E-state index contributed by atoms with van der Waals surface area (Å²) < 4.78 is 13.2. The number of nitriles is 1. The van der Waals surface area contributed by atoms with E-state index in [1.54, 1.807) is 6.07 Å². The number of aliphatic carboxylic acids is 1. The second-order valence-electron chi connectivity index (χ2n) is 5.18. The van der Waals surface area contributed by atoms with Crippen LogP contribution in [0.4, 0.5) is 10.1 Å². The molecule has 110 valence electrons. The van der Waals surface area contributed by atoms with Crippen LogP contribution in [-0.4, -0.2) is 17.0 Å². The van der Waals surface area contributed by atoms with Crippen LogP contribution >= 0.6 is 0 Å². The Labute approximate surface area is 121 Å². The van der Waals surface area contributed by atoms with Crippen LogP contribution < -0.4 is 5.32 Å². The van der Waals surface area contributed by atoms with Crippen LogP contribution in [0.1, 0.15) is 31.2 Å². The Morgan fingerprint density at radius 2 is 1.86 bits per heavy atom. The van der Waals surface area contributed by atoms with Crippen molar-refractivity contribution in [3.63, 3.8) is 0 Å². The van der Waals surface area contributed by atoms with Crippen LogP contribution in [0, 0.1) is 29.0 Å². The third-order valence-electron chi connectivity index (χ3n) is 3.80. The van der Waals surface area contributed by atoms with Gasteiger partial charge in [-0.05, 0) is 43.9 Å². The maximum Gasteiger partial charge on any atom is 0.306 e. The highest BCUT2D eigenvalue weighted by Gasteiger charge is 2.29. The van der Waals surface area contributed by atoms with E-state index in [1.165, 1.54) is 12.1 Å². The van der Waals surface area contributed by atoms with E-state index in [4.69, 9.17) is 10.4 Å². The highest BCUT2D eigenvalue weighted by atomic mass is 19.1. The number of hydrogen-bond acceptors (Lipinski definition) is 3. The molecular weight excluding hydrogens is 275 g/mol. The number of benzene rings is 1. The lowest BCUT2D eigenvalue weighted by Gasteiger charge is -2.25. The van der Waals surface area contributed by atoms with Crippen molar-refractivity contribution in [3.8, 4) is 6.07 Å². The predicted octanol–water partition coefficient (Wildman–Crippen LogP) is 2.53. The second kappa shape index (κ2) is 6.35. The van der Waals surface area contributed by atoms with E-state index in [2.05, 4.69) is 5.32 Å². The molecule has 5 nitrogen and oxygen atoms in total. The molecule has 1 saturated carbocycles. The number of carbonyl (C=O) groups excluding carboxylic acids is 1. The molecule has 0 saturated heterocycles. The molecule has 0 atom stereocenters. The molecule has 21 heavy (non-hydrogen) atoms. The summed E-state index contributed by atoms with van der Waals surface area (Å²) in [5.74, 6) is -2.26. The topological polar surface area (TPSA) is 90.2 Å². The van der Waals surface area contributed by atoms with Crippen LogP contribution in [0.5, 0.6) is 0 Å². The number of hydrogen-bond donors (Lipinski definition) is 2. The molecule has 1 aliphatic carbocycles. The van der Waals surface area contributed by atoms with Crippen LogP contribution in [0.2, 0.25) is 0 Å². The maximum absolute atomic E-state index is 13.2. The SMILES string of the molecule is N#Cc1cc(NC(=O)C2CCC(C(=O)O)CC2)ccc1F. The van der Waals surface area contributed by atoms with Gasteiger partial charge in [0.25, 0.3) is 0 Å². The van der Waals surface area contributed by atoms with E-state index in [1.807, 2.05) is 0 Å². The Kier molecular flexibility index (Phi) is 4.53. The number of carboxylic acid groups (broad SMARTS) is 1. The molecular formula is C15H15FN2O3. The van der Waals surface area contributed by atoms with Gasteiger partial charge in [-0.3, -0.25) is 9.59 Å². The zero-order valence-electron chi connectivity index (χ0n) is 11.3. The fourth-order valence-electron chi connectivity index (χ4n) is 2.54. The lowest BCUT2D eigenvalue weighted by atomic mass is 9.81. The van der Waals surface area contributed by atoms with E-state index in [9.17, 15) is 14.0 Å². The molecule has 6 heteroatoms. The van der Waals surface area contributed by atoms with Crippen LogP contribution in [0.25, 0.3) is 0 Å². The zero-order valence-corrected chi connectivity index (χ0v) is 11.3. The van der Waals surface area contributed by atoms with Gasteiger partial charge in [0.1, 0.15) is 11.9 Å². The van der Waals surface area contributed by atoms with Gasteiger partial charge in [-0.1, -0.05) is 0 Å². The first kappa shape index (κ1) is 15.0. The summed E-state index contributed by atoms with van der Waals surface area (Å²) in [7, 11) is 0. The predicted molar refractivity (Wildman–Crippen MR) is 72.8 cm³/mol. The van der Waals surface area contributed by atoms with Gasteiger partial charge in [-0.15, -0.1) is 0 Å². The number of anilines is 1. The summed E-state index contributed by atoms with van der Waals surface area (Å²) >= 11 is 0. The Morgan fingerprint density at radius 3 is 2.43 bits per heavy atom. The molecule has 1 aromatic carbocycles. The minimum absolute atomic E-state index is 0.123. The summed E-state index contributed by atoms with van der Waals surface area (Å²) in [6, 6.07) is 5.54. The minimum Gasteiger partial charge on any atom is -0.481 e. The quantitative estimate of drug-likeness (QED) is 0.895. The fraction of sp³-hybridized carbons (Fsp3) is 0.400. The van der Waals surface area contributed by atoms with Crippen molar-refractivity contribution in [1.29, 1.82) is 5.26 Å². The van der Waals surface area contributed by atoms with Crippen LogP contribution in [-0.2, 0) is 9.59 Å². The average Bonchev–Trinajstić information content (AvgIpc) is 2.49. The lowest BCUT2D eigenvalue weighted by molar-refractivity contribution is -0.143. The molecule has 1 aromatic rings. The molecule has 2 N–H and O–H groups in total. The normalized spacial score (nSPS) is 21.3. The Morgan fingerprint density at radius 1 is 1.24 bits per heavy atom. The summed E-state index contributed by atoms with van der Waals surface area (Å²) in [4.78, 5) is 23.0. The van der Waals surface area contributed by atoms with E-state index in [0.717, 1.165) is 6.07 Å². The molecule has 0 unspecified atom stereocenters. The van der Waals surface area contributed by atoms with Crippen LogP contribution in [0.3, 0.4) is 0 Å². The van der Waals surface area contributed by atoms with Crippen molar-refractivity contribution in [2.24, 2.45) is 11.8 Å². The highest BCUT2D eigenvalue weighted by molar-refractivity contribution is 5.92. The first-order valence-electron chi connectivity index (χ1n) is 6.74. The molecule has 0 aromatic heterocycles. The van der Waals surface area contributed by atoms with Crippen molar-refractivity contribution >= 4 is 17.6 Å². The van der Waals surface area contributed by atoms with Crippen molar-refractivity contribution in [1.82, 2.24) is 0 Å². The van der Waals surface area contributed by atoms with E-state index >= 15 is 0 Å². The van der Waals surface area contributed by atoms with Gasteiger partial charge in [-0.25, -0.2) is 4.39 Å². The van der Waals surface area contributed by atoms with Crippen molar-refractivity contribution in [3.05, 3.63) is 29.6 Å². The second-order valence-corrected chi connectivity index (χ2v) is 5.18. The molecule has 0 aliphatic heterocycles. The number of nitrogens with zero attached hydrogens (tertiary/aromatic N) is 1. The van der Waals surface area contributed by atoms with Gasteiger partial charge in [0.15, 0.2) is 0 Å². The minimum atomic E-state index is -0.814. The number of halogens is 1. The van der Waals surface area contributed by atoms with E-state index in [0.29, 0.717) is 31.4 Å². The Bertz CT molecular complexity index is 601. The fourth-order valence-corrected chi connectivity index (χ4v) is 2.54. The summed E-state index contributed by atoms with van der Waals surface area (Å²) in [5, 5.41) is 20.3. The monoisotopic (exact) mass is 290 g/mol. The summed E-state index contributed by atoms with van der Waals surface area (Å²) in [6.45, 7) is 0. The number of amides is 1. The largest absolute Gasteiger partial charge is 0.481 e. The first-order valence-corrected chi connectivity index (χ1v) is 6.74. The smallest absolute Gasteiger partial charge is 0.306 e.